The van der Waals surface area contributed by atoms with E-state index in [0.29, 0.717) is 13.1 Å². The second kappa shape index (κ2) is 6.57. The maximum atomic E-state index is 11.6. The van der Waals surface area contributed by atoms with Crippen LogP contribution >= 0.6 is 0 Å². The smallest absolute Gasteiger partial charge is 0.409 e. The normalized spacial score (nSPS) is 11.2. The molecular formula is C15H24N2O2. The number of hydrogen-bond donors (Lipinski definition) is 1. The van der Waals surface area contributed by atoms with Crippen molar-refractivity contribution in [2.45, 2.75) is 32.8 Å². The summed E-state index contributed by atoms with van der Waals surface area (Å²) in [4.78, 5) is 13.1. The molecule has 0 aromatic heterocycles. The number of likely N-dealkylation sites (N-methyl/N-ethyl adjacent to an activating group) is 1. The lowest BCUT2D eigenvalue weighted by Crippen LogP contribution is -2.32. The van der Waals surface area contributed by atoms with Crippen molar-refractivity contribution in [3.63, 3.8) is 0 Å². The highest BCUT2D eigenvalue weighted by Crippen LogP contribution is 2.22. The third-order valence-corrected chi connectivity index (χ3v) is 2.96. The van der Waals surface area contributed by atoms with Crippen LogP contribution in [0.25, 0.3) is 0 Å². The standard InChI is InChI=1S/C15H24N2O2/c1-15(2,3)13-7-5-12(6-8-13)11-19-14(18)17(4)10-9-16/h5-8H,9-11,16H2,1-4H3. The first-order valence-corrected chi connectivity index (χ1v) is 6.52. The van der Waals surface area contributed by atoms with E-state index in [0.717, 1.165) is 5.56 Å². The molecule has 0 atom stereocenters. The van der Waals surface area contributed by atoms with Crippen molar-refractivity contribution in [2.75, 3.05) is 20.1 Å². The van der Waals surface area contributed by atoms with Gasteiger partial charge in [0, 0.05) is 20.1 Å². The Labute approximate surface area is 115 Å². The molecule has 106 valence electrons. The molecule has 0 aliphatic rings. The maximum absolute atomic E-state index is 11.6. The van der Waals surface area contributed by atoms with Gasteiger partial charge in [0.2, 0.25) is 0 Å². The van der Waals surface area contributed by atoms with E-state index in [1.54, 1.807) is 7.05 Å². The molecule has 0 aliphatic heterocycles. The molecule has 0 fully saturated rings. The lowest BCUT2D eigenvalue weighted by atomic mass is 9.87. The molecule has 1 aromatic carbocycles. The predicted octanol–water partition coefficient (Wildman–Crippen LogP) is 2.51. The van der Waals surface area contributed by atoms with E-state index in [2.05, 4.69) is 32.9 Å². The van der Waals surface area contributed by atoms with E-state index in [1.165, 1.54) is 10.5 Å². The van der Waals surface area contributed by atoms with Crippen LogP contribution in [0.5, 0.6) is 0 Å². The summed E-state index contributed by atoms with van der Waals surface area (Å²) in [6, 6.07) is 8.15. The second-order valence-electron chi connectivity index (χ2n) is 5.71. The van der Waals surface area contributed by atoms with E-state index in [9.17, 15) is 4.79 Å². The molecular weight excluding hydrogens is 240 g/mol. The van der Waals surface area contributed by atoms with Crippen LogP contribution in [-0.4, -0.2) is 31.1 Å². The van der Waals surface area contributed by atoms with Gasteiger partial charge in [-0.15, -0.1) is 0 Å². The number of carbonyl (C=O) groups excluding carboxylic acids is 1. The fourth-order valence-corrected chi connectivity index (χ4v) is 1.64. The highest BCUT2D eigenvalue weighted by Gasteiger charge is 2.13. The van der Waals surface area contributed by atoms with Crippen molar-refractivity contribution in [2.24, 2.45) is 5.73 Å². The first-order valence-electron chi connectivity index (χ1n) is 6.52. The van der Waals surface area contributed by atoms with Crippen LogP contribution in [0.15, 0.2) is 24.3 Å². The van der Waals surface area contributed by atoms with E-state index in [1.807, 2.05) is 12.1 Å². The third-order valence-electron chi connectivity index (χ3n) is 2.96. The van der Waals surface area contributed by atoms with Crippen LogP contribution in [-0.2, 0) is 16.8 Å². The minimum Gasteiger partial charge on any atom is -0.445 e. The Morgan fingerprint density at radius 1 is 1.26 bits per heavy atom. The summed E-state index contributed by atoms with van der Waals surface area (Å²) in [5.41, 5.74) is 7.77. The average molecular weight is 264 g/mol. The monoisotopic (exact) mass is 264 g/mol. The lowest BCUT2D eigenvalue weighted by molar-refractivity contribution is 0.105. The van der Waals surface area contributed by atoms with Crippen LogP contribution in [0, 0.1) is 0 Å². The zero-order valence-corrected chi connectivity index (χ0v) is 12.3. The van der Waals surface area contributed by atoms with Gasteiger partial charge in [-0.25, -0.2) is 4.79 Å². The number of rotatable bonds is 4. The fraction of sp³-hybridized carbons (Fsp3) is 0.533. The number of amides is 1. The fourth-order valence-electron chi connectivity index (χ4n) is 1.64. The number of nitrogens with two attached hydrogens (primary N) is 1. The predicted molar refractivity (Wildman–Crippen MR) is 77.0 cm³/mol. The molecule has 1 rings (SSSR count). The van der Waals surface area contributed by atoms with Gasteiger partial charge in [-0.3, -0.25) is 0 Å². The number of nitrogens with zero attached hydrogens (tertiary/aromatic N) is 1. The van der Waals surface area contributed by atoms with Crippen molar-refractivity contribution >= 4 is 6.09 Å². The number of hydrogen-bond acceptors (Lipinski definition) is 3. The van der Waals surface area contributed by atoms with Crippen LogP contribution in [0.3, 0.4) is 0 Å². The molecule has 0 saturated heterocycles. The maximum Gasteiger partial charge on any atom is 0.409 e. The van der Waals surface area contributed by atoms with Crippen molar-refractivity contribution in [1.29, 1.82) is 0 Å². The molecule has 1 amide bonds. The summed E-state index contributed by atoms with van der Waals surface area (Å²) >= 11 is 0. The molecule has 0 unspecified atom stereocenters. The van der Waals surface area contributed by atoms with E-state index in [4.69, 9.17) is 10.5 Å². The number of benzene rings is 1. The Kier molecular flexibility index (Phi) is 5.36. The van der Waals surface area contributed by atoms with Gasteiger partial charge in [-0.1, -0.05) is 45.0 Å². The van der Waals surface area contributed by atoms with Crippen molar-refractivity contribution in [3.05, 3.63) is 35.4 Å². The third kappa shape index (κ3) is 4.91. The zero-order valence-electron chi connectivity index (χ0n) is 12.3. The van der Waals surface area contributed by atoms with Gasteiger partial charge in [0.15, 0.2) is 0 Å². The molecule has 0 bridgehead atoms. The Morgan fingerprint density at radius 2 is 1.84 bits per heavy atom. The van der Waals surface area contributed by atoms with Gasteiger partial charge in [-0.2, -0.15) is 0 Å². The molecule has 0 spiro atoms. The summed E-state index contributed by atoms with van der Waals surface area (Å²) in [6.07, 6.45) is -0.342. The Morgan fingerprint density at radius 3 is 2.32 bits per heavy atom. The second-order valence-corrected chi connectivity index (χ2v) is 5.71. The Balaban J connectivity index is 2.53. The Hall–Kier alpha value is -1.55. The van der Waals surface area contributed by atoms with Crippen molar-refractivity contribution in [1.82, 2.24) is 4.90 Å². The number of ether oxygens (including phenoxy) is 1. The average Bonchev–Trinajstić information content (AvgIpc) is 2.35. The SMILES string of the molecule is CN(CCN)C(=O)OCc1ccc(C(C)(C)C)cc1. The largest absolute Gasteiger partial charge is 0.445 e. The first kappa shape index (κ1) is 15.5. The zero-order chi connectivity index (χ0) is 14.5. The summed E-state index contributed by atoms with van der Waals surface area (Å²) in [7, 11) is 1.68. The van der Waals surface area contributed by atoms with Crippen molar-refractivity contribution < 1.29 is 9.53 Å². The number of carbonyl (C=O) groups is 1. The molecule has 0 saturated carbocycles. The Bertz CT molecular complexity index is 407. The minimum absolute atomic E-state index is 0.135. The topological polar surface area (TPSA) is 55.6 Å². The van der Waals surface area contributed by atoms with Crippen LogP contribution in [0.1, 0.15) is 31.9 Å². The molecule has 4 nitrogen and oxygen atoms in total. The summed E-state index contributed by atoms with van der Waals surface area (Å²) in [5, 5.41) is 0. The van der Waals surface area contributed by atoms with Gasteiger partial charge in [0.25, 0.3) is 0 Å². The first-order chi connectivity index (χ1) is 8.84. The lowest BCUT2D eigenvalue weighted by Gasteiger charge is -2.19. The van der Waals surface area contributed by atoms with Crippen molar-refractivity contribution in [3.8, 4) is 0 Å². The summed E-state index contributed by atoms with van der Waals surface area (Å²) in [6.45, 7) is 7.74. The van der Waals surface area contributed by atoms with Gasteiger partial charge >= 0.3 is 6.09 Å². The van der Waals surface area contributed by atoms with Crippen LogP contribution < -0.4 is 5.73 Å². The van der Waals surface area contributed by atoms with Gasteiger partial charge in [0.1, 0.15) is 6.61 Å². The highest BCUT2D eigenvalue weighted by molar-refractivity contribution is 5.67. The molecule has 0 aliphatic carbocycles. The molecule has 1 aromatic rings. The van der Waals surface area contributed by atoms with Gasteiger partial charge in [-0.05, 0) is 16.5 Å². The molecule has 0 radical (unpaired) electrons. The highest BCUT2D eigenvalue weighted by atomic mass is 16.6. The molecule has 19 heavy (non-hydrogen) atoms. The quantitative estimate of drug-likeness (QED) is 0.909. The summed E-state index contributed by atoms with van der Waals surface area (Å²) < 4.78 is 5.20. The van der Waals surface area contributed by atoms with Crippen LogP contribution in [0.2, 0.25) is 0 Å². The van der Waals surface area contributed by atoms with Gasteiger partial charge < -0.3 is 15.4 Å². The summed E-state index contributed by atoms with van der Waals surface area (Å²) in [5.74, 6) is 0. The molecule has 4 heteroatoms. The molecule has 0 heterocycles. The van der Waals surface area contributed by atoms with Gasteiger partial charge in [0.05, 0.1) is 0 Å². The minimum atomic E-state index is -0.342. The van der Waals surface area contributed by atoms with E-state index in [-0.39, 0.29) is 18.1 Å². The van der Waals surface area contributed by atoms with E-state index < -0.39 is 0 Å². The van der Waals surface area contributed by atoms with E-state index >= 15 is 0 Å². The molecule has 2 N–H and O–H groups in total. The van der Waals surface area contributed by atoms with Crippen LogP contribution in [0.4, 0.5) is 4.79 Å².